The highest BCUT2D eigenvalue weighted by molar-refractivity contribution is 6.34. The van der Waals surface area contributed by atoms with E-state index in [1.165, 1.54) is 18.2 Å². The topological polar surface area (TPSA) is 17.1 Å². The van der Waals surface area contributed by atoms with Gasteiger partial charge in [0.2, 0.25) is 0 Å². The molecule has 2 aromatic carbocycles. The van der Waals surface area contributed by atoms with E-state index in [1.807, 2.05) is 0 Å². The van der Waals surface area contributed by atoms with Gasteiger partial charge in [0.1, 0.15) is 0 Å². The summed E-state index contributed by atoms with van der Waals surface area (Å²) in [4.78, 5) is 12.6. The second-order valence-corrected chi connectivity index (χ2v) is 6.10. The highest BCUT2D eigenvalue weighted by Crippen LogP contribution is 2.51. The number of Topliss-reactive ketones (excluding diaryl/α,β-unsaturated/α-hetero) is 1. The Bertz CT molecular complexity index is 750. The number of hydrogen-bond acceptors (Lipinski definition) is 1. The monoisotopic (exact) mass is 344 g/mol. The fourth-order valence-corrected chi connectivity index (χ4v) is 3.44. The van der Waals surface area contributed by atoms with Crippen LogP contribution in [0.1, 0.15) is 21.5 Å². The molecule has 0 radical (unpaired) electrons. The van der Waals surface area contributed by atoms with Crippen LogP contribution in [-0.4, -0.2) is 12.0 Å². The van der Waals surface area contributed by atoms with Gasteiger partial charge in [0.25, 0.3) is 0 Å². The lowest BCUT2D eigenvalue weighted by Gasteiger charge is -2.30. The van der Waals surface area contributed by atoms with E-state index in [0.29, 0.717) is 5.56 Å². The third kappa shape index (κ3) is 2.13. The molecule has 1 aliphatic rings. The molecule has 0 N–H and O–H groups in total. The minimum Gasteiger partial charge on any atom is -0.293 e. The first-order valence-electron chi connectivity index (χ1n) is 6.42. The van der Waals surface area contributed by atoms with E-state index in [-0.39, 0.29) is 21.2 Å². The Morgan fingerprint density at radius 1 is 1.00 bits per heavy atom. The number of ketones is 1. The van der Waals surface area contributed by atoms with Crippen LogP contribution in [0.4, 0.5) is 13.2 Å². The number of fused-ring (bicyclic) bond motifs is 1. The molecule has 1 aliphatic carbocycles. The van der Waals surface area contributed by atoms with Gasteiger partial charge in [-0.15, -0.1) is 0 Å². The Kier molecular flexibility index (Phi) is 3.49. The molecule has 0 aliphatic heterocycles. The summed E-state index contributed by atoms with van der Waals surface area (Å²) < 4.78 is 41.6. The van der Waals surface area contributed by atoms with Crippen molar-refractivity contribution >= 4 is 29.0 Å². The Hall–Kier alpha value is -1.52. The molecular weight excluding hydrogens is 336 g/mol. The average Bonchev–Trinajstić information content (AvgIpc) is 2.72. The van der Waals surface area contributed by atoms with Crippen LogP contribution in [0.15, 0.2) is 42.5 Å². The third-order valence-corrected chi connectivity index (χ3v) is 4.38. The summed E-state index contributed by atoms with van der Waals surface area (Å²) in [5.41, 5.74) is -2.39. The first-order chi connectivity index (χ1) is 10.3. The second kappa shape index (κ2) is 5.00. The van der Waals surface area contributed by atoms with E-state index >= 15 is 0 Å². The number of rotatable bonds is 1. The van der Waals surface area contributed by atoms with Crippen LogP contribution < -0.4 is 0 Å². The molecule has 0 amide bonds. The number of hydrogen-bond donors (Lipinski definition) is 0. The molecule has 6 heteroatoms. The fraction of sp³-hybridized carbons (Fsp3) is 0.188. The van der Waals surface area contributed by atoms with Gasteiger partial charge in [0.05, 0.1) is 0 Å². The number of carbonyl (C=O) groups excluding carboxylic acids is 1. The van der Waals surface area contributed by atoms with Crippen molar-refractivity contribution < 1.29 is 18.0 Å². The summed E-state index contributed by atoms with van der Waals surface area (Å²) >= 11 is 11.7. The Labute approximate surface area is 134 Å². The molecule has 0 saturated carbocycles. The molecule has 0 heterocycles. The molecular formula is C16H9Cl2F3O. The zero-order valence-corrected chi connectivity index (χ0v) is 12.6. The highest BCUT2D eigenvalue weighted by Gasteiger charge is 2.64. The van der Waals surface area contributed by atoms with Crippen molar-refractivity contribution in [2.45, 2.75) is 18.0 Å². The van der Waals surface area contributed by atoms with Crippen LogP contribution in [-0.2, 0) is 11.8 Å². The van der Waals surface area contributed by atoms with Crippen LogP contribution in [0.5, 0.6) is 0 Å². The molecule has 1 unspecified atom stereocenters. The van der Waals surface area contributed by atoms with Gasteiger partial charge in [0.15, 0.2) is 11.2 Å². The SMILES string of the molecule is O=C1c2ccccc2CC1(c1cc(Cl)cc(Cl)c1)C(F)(F)F. The maximum Gasteiger partial charge on any atom is 0.405 e. The zero-order chi connectivity index (χ0) is 16.1. The number of alkyl halides is 3. The molecule has 0 fully saturated rings. The first-order valence-corrected chi connectivity index (χ1v) is 7.17. The smallest absolute Gasteiger partial charge is 0.293 e. The van der Waals surface area contributed by atoms with Crippen LogP contribution in [0.3, 0.4) is 0 Å². The standard InChI is InChI=1S/C16H9Cl2F3O/c17-11-5-10(6-12(18)7-11)15(16(19,20)21)8-9-3-1-2-4-13(9)14(15)22/h1-7H,8H2. The zero-order valence-electron chi connectivity index (χ0n) is 11.0. The molecule has 1 atom stereocenters. The summed E-state index contributed by atoms with van der Waals surface area (Å²) in [7, 11) is 0. The van der Waals surface area contributed by atoms with Crippen LogP contribution >= 0.6 is 23.2 Å². The minimum atomic E-state index is -4.75. The summed E-state index contributed by atoms with van der Waals surface area (Å²) in [5, 5.41) is 0.129. The molecule has 22 heavy (non-hydrogen) atoms. The lowest BCUT2D eigenvalue weighted by Crippen LogP contribution is -2.47. The second-order valence-electron chi connectivity index (χ2n) is 5.22. The van der Waals surface area contributed by atoms with E-state index in [1.54, 1.807) is 12.1 Å². The summed E-state index contributed by atoms with van der Waals surface area (Å²) in [5.74, 6) is -0.964. The number of halogens is 5. The molecule has 0 saturated heterocycles. The normalized spacial score (nSPS) is 21.0. The Morgan fingerprint density at radius 2 is 1.59 bits per heavy atom. The Balaban J connectivity index is 2.28. The van der Waals surface area contributed by atoms with Crippen molar-refractivity contribution in [1.29, 1.82) is 0 Å². The van der Waals surface area contributed by atoms with Gasteiger partial charge in [-0.1, -0.05) is 47.5 Å². The van der Waals surface area contributed by atoms with Gasteiger partial charge in [-0.05, 0) is 35.7 Å². The highest BCUT2D eigenvalue weighted by atomic mass is 35.5. The van der Waals surface area contributed by atoms with Crippen molar-refractivity contribution in [3.63, 3.8) is 0 Å². The predicted molar refractivity (Wildman–Crippen MR) is 78.7 cm³/mol. The summed E-state index contributed by atoms with van der Waals surface area (Å²) in [6.07, 6.45) is -5.20. The maximum absolute atomic E-state index is 13.9. The van der Waals surface area contributed by atoms with Crippen molar-refractivity contribution in [3.8, 4) is 0 Å². The van der Waals surface area contributed by atoms with Gasteiger partial charge >= 0.3 is 6.18 Å². The van der Waals surface area contributed by atoms with Crippen LogP contribution in [0.2, 0.25) is 10.0 Å². The summed E-state index contributed by atoms with van der Waals surface area (Å²) in [6, 6.07) is 9.76. The predicted octanol–water partition coefficient (Wildman–Crippen LogP) is 5.23. The van der Waals surface area contributed by atoms with E-state index in [9.17, 15) is 18.0 Å². The quantitative estimate of drug-likeness (QED) is 0.691. The summed E-state index contributed by atoms with van der Waals surface area (Å²) in [6.45, 7) is 0. The molecule has 0 aromatic heterocycles. The molecule has 114 valence electrons. The van der Waals surface area contributed by atoms with Gasteiger partial charge in [-0.25, -0.2) is 0 Å². The number of benzene rings is 2. The molecule has 2 aromatic rings. The molecule has 0 bridgehead atoms. The van der Waals surface area contributed by atoms with Gasteiger partial charge in [0, 0.05) is 15.6 Å². The van der Waals surface area contributed by atoms with Crippen molar-refractivity contribution in [2.75, 3.05) is 0 Å². The minimum absolute atomic E-state index is 0.0647. The van der Waals surface area contributed by atoms with E-state index < -0.39 is 23.8 Å². The maximum atomic E-state index is 13.9. The van der Waals surface area contributed by atoms with Crippen molar-refractivity contribution in [3.05, 3.63) is 69.2 Å². The molecule has 3 rings (SSSR count). The van der Waals surface area contributed by atoms with Gasteiger partial charge in [-0.2, -0.15) is 13.2 Å². The largest absolute Gasteiger partial charge is 0.405 e. The third-order valence-electron chi connectivity index (χ3n) is 3.94. The Morgan fingerprint density at radius 3 is 2.14 bits per heavy atom. The van der Waals surface area contributed by atoms with E-state index in [0.717, 1.165) is 12.1 Å². The van der Waals surface area contributed by atoms with E-state index in [2.05, 4.69) is 0 Å². The number of carbonyl (C=O) groups is 1. The molecule has 0 spiro atoms. The van der Waals surface area contributed by atoms with Crippen molar-refractivity contribution in [1.82, 2.24) is 0 Å². The van der Waals surface area contributed by atoms with Crippen molar-refractivity contribution in [2.24, 2.45) is 0 Å². The lowest BCUT2D eigenvalue weighted by atomic mass is 9.76. The van der Waals surface area contributed by atoms with Gasteiger partial charge < -0.3 is 0 Å². The fourth-order valence-electron chi connectivity index (χ4n) is 2.92. The average molecular weight is 345 g/mol. The van der Waals surface area contributed by atoms with Crippen LogP contribution in [0.25, 0.3) is 0 Å². The van der Waals surface area contributed by atoms with E-state index in [4.69, 9.17) is 23.2 Å². The van der Waals surface area contributed by atoms with Gasteiger partial charge in [-0.3, -0.25) is 4.79 Å². The lowest BCUT2D eigenvalue weighted by molar-refractivity contribution is -0.173. The first kappa shape index (κ1) is 15.4. The van der Waals surface area contributed by atoms with Crippen LogP contribution in [0, 0.1) is 0 Å². The molecule has 1 nitrogen and oxygen atoms in total.